The number of rotatable bonds is 1. The van der Waals surface area contributed by atoms with Crippen molar-refractivity contribution in [3.63, 3.8) is 0 Å². The highest BCUT2D eigenvalue weighted by molar-refractivity contribution is 5.05. The highest BCUT2D eigenvalue weighted by Crippen LogP contribution is 2.60. The molecule has 2 saturated carbocycles. The van der Waals surface area contributed by atoms with Crippen LogP contribution < -0.4 is 0 Å². The SMILES string of the molecule is CC12CCCCC1(C)CC(N=O)C2. The summed E-state index contributed by atoms with van der Waals surface area (Å²) in [4.78, 5) is 10.6. The summed E-state index contributed by atoms with van der Waals surface area (Å²) in [6, 6.07) is 0.105. The van der Waals surface area contributed by atoms with Crippen LogP contribution in [0.5, 0.6) is 0 Å². The molecule has 0 bridgehead atoms. The van der Waals surface area contributed by atoms with E-state index < -0.39 is 0 Å². The summed E-state index contributed by atoms with van der Waals surface area (Å²) >= 11 is 0. The molecule has 0 radical (unpaired) electrons. The third kappa shape index (κ3) is 1.22. The Morgan fingerprint density at radius 1 is 1.08 bits per heavy atom. The molecule has 0 heterocycles. The molecule has 2 fully saturated rings. The highest BCUT2D eigenvalue weighted by atomic mass is 16.3. The number of fused-ring (bicyclic) bond motifs is 1. The molecule has 0 N–H and O–H groups in total. The van der Waals surface area contributed by atoms with Crippen molar-refractivity contribution in [2.24, 2.45) is 16.0 Å². The molecule has 2 aliphatic carbocycles. The van der Waals surface area contributed by atoms with Gasteiger partial charge in [-0.1, -0.05) is 31.9 Å². The lowest BCUT2D eigenvalue weighted by atomic mass is 9.60. The Morgan fingerprint density at radius 3 is 1.92 bits per heavy atom. The normalized spacial score (nSPS) is 50.2. The minimum Gasteiger partial charge on any atom is -0.151 e. The smallest absolute Gasteiger partial charge is 0.0930 e. The van der Waals surface area contributed by atoms with E-state index in [2.05, 4.69) is 19.0 Å². The average molecular weight is 181 g/mol. The van der Waals surface area contributed by atoms with Crippen LogP contribution in [0, 0.1) is 15.7 Å². The second-order valence-corrected chi connectivity index (χ2v) is 5.50. The molecule has 0 spiro atoms. The van der Waals surface area contributed by atoms with E-state index in [-0.39, 0.29) is 6.04 Å². The van der Waals surface area contributed by atoms with Gasteiger partial charge in [0.25, 0.3) is 0 Å². The molecule has 74 valence electrons. The fraction of sp³-hybridized carbons (Fsp3) is 1.00. The van der Waals surface area contributed by atoms with Gasteiger partial charge in [-0.05, 0) is 36.5 Å². The largest absolute Gasteiger partial charge is 0.151 e. The van der Waals surface area contributed by atoms with Crippen LogP contribution in [-0.4, -0.2) is 6.04 Å². The molecule has 2 atom stereocenters. The van der Waals surface area contributed by atoms with Gasteiger partial charge in [-0.25, -0.2) is 0 Å². The van der Waals surface area contributed by atoms with Crippen LogP contribution in [0.15, 0.2) is 5.18 Å². The van der Waals surface area contributed by atoms with E-state index in [1.165, 1.54) is 25.7 Å². The summed E-state index contributed by atoms with van der Waals surface area (Å²) in [6.07, 6.45) is 7.36. The van der Waals surface area contributed by atoms with Gasteiger partial charge < -0.3 is 0 Å². The monoisotopic (exact) mass is 181 g/mol. The maximum atomic E-state index is 10.6. The molecular formula is C11H19NO. The van der Waals surface area contributed by atoms with Gasteiger partial charge in [-0.2, -0.15) is 4.91 Å². The molecule has 0 aromatic carbocycles. The zero-order chi connectivity index (χ0) is 9.53. The summed E-state index contributed by atoms with van der Waals surface area (Å²) < 4.78 is 0. The van der Waals surface area contributed by atoms with Gasteiger partial charge in [0.15, 0.2) is 0 Å². The van der Waals surface area contributed by atoms with Crippen molar-refractivity contribution in [3.05, 3.63) is 4.91 Å². The standard InChI is InChI=1S/C11H19NO/c1-10-5-3-4-6-11(10,2)8-9(7-10)12-13/h9H,3-8H2,1-2H3. The topological polar surface area (TPSA) is 29.4 Å². The minimum absolute atomic E-state index is 0.105. The zero-order valence-corrected chi connectivity index (χ0v) is 8.68. The van der Waals surface area contributed by atoms with E-state index in [0.29, 0.717) is 10.8 Å². The molecular weight excluding hydrogens is 162 g/mol. The Hall–Kier alpha value is -0.400. The summed E-state index contributed by atoms with van der Waals surface area (Å²) in [7, 11) is 0. The third-order valence-corrected chi connectivity index (χ3v) is 4.69. The predicted octanol–water partition coefficient (Wildman–Crippen LogP) is 3.50. The fourth-order valence-electron chi connectivity index (χ4n) is 3.52. The van der Waals surface area contributed by atoms with Crippen molar-refractivity contribution in [2.45, 2.75) is 58.4 Å². The molecule has 0 aliphatic heterocycles. The predicted molar refractivity (Wildman–Crippen MR) is 53.5 cm³/mol. The molecule has 2 aliphatic rings. The van der Waals surface area contributed by atoms with Crippen molar-refractivity contribution in [2.75, 3.05) is 0 Å². The van der Waals surface area contributed by atoms with Gasteiger partial charge in [0.1, 0.15) is 0 Å². The van der Waals surface area contributed by atoms with Gasteiger partial charge in [0.05, 0.1) is 6.04 Å². The van der Waals surface area contributed by atoms with Crippen molar-refractivity contribution < 1.29 is 0 Å². The van der Waals surface area contributed by atoms with Crippen molar-refractivity contribution in [3.8, 4) is 0 Å². The number of nitrogens with zero attached hydrogens (tertiary/aromatic N) is 1. The van der Waals surface area contributed by atoms with E-state index in [1.807, 2.05) is 0 Å². The Bertz CT molecular complexity index is 208. The van der Waals surface area contributed by atoms with Gasteiger partial charge >= 0.3 is 0 Å². The first-order valence-corrected chi connectivity index (χ1v) is 5.42. The second-order valence-electron chi connectivity index (χ2n) is 5.50. The van der Waals surface area contributed by atoms with Gasteiger partial charge in [0, 0.05) is 0 Å². The van der Waals surface area contributed by atoms with Crippen LogP contribution in [0.25, 0.3) is 0 Å². The van der Waals surface area contributed by atoms with Crippen LogP contribution in [0.2, 0.25) is 0 Å². The van der Waals surface area contributed by atoms with Gasteiger partial charge in [-0.15, -0.1) is 0 Å². The van der Waals surface area contributed by atoms with Crippen LogP contribution in [0.1, 0.15) is 52.4 Å². The lowest BCUT2D eigenvalue weighted by molar-refractivity contribution is 0.0520. The van der Waals surface area contributed by atoms with Crippen LogP contribution >= 0.6 is 0 Å². The first-order valence-electron chi connectivity index (χ1n) is 5.42. The van der Waals surface area contributed by atoms with E-state index in [9.17, 15) is 4.91 Å². The fourth-order valence-corrected chi connectivity index (χ4v) is 3.52. The van der Waals surface area contributed by atoms with Crippen LogP contribution in [0.4, 0.5) is 0 Å². The number of hydrogen-bond donors (Lipinski definition) is 0. The first kappa shape index (κ1) is 9.17. The van der Waals surface area contributed by atoms with Crippen molar-refractivity contribution in [1.82, 2.24) is 0 Å². The summed E-state index contributed by atoms with van der Waals surface area (Å²) in [6.45, 7) is 4.72. The molecule has 0 aromatic rings. The first-order chi connectivity index (χ1) is 6.10. The van der Waals surface area contributed by atoms with Crippen molar-refractivity contribution in [1.29, 1.82) is 0 Å². The minimum atomic E-state index is 0.105. The average Bonchev–Trinajstić information content (AvgIpc) is 2.37. The molecule has 0 amide bonds. The van der Waals surface area contributed by atoms with E-state index in [4.69, 9.17) is 0 Å². The molecule has 0 aromatic heterocycles. The molecule has 13 heavy (non-hydrogen) atoms. The van der Waals surface area contributed by atoms with Crippen LogP contribution in [-0.2, 0) is 0 Å². The Morgan fingerprint density at radius 2 is 1.54 bits per heavy atom. The Kier molecular flexibility index (Phi) is 1.97. The second kappa shape index (κ2) is 2.79. The van der Waals surface area contributed by atoms with E-state index in [1.54, 1.807) is 0 Å². The molecule has 2 unspecified atom stereocenters. The third-order valence-electron chi connectivity index (χ3n) is 4.69. The Labute approximate surface area is 80.1 Å². The number of hydrogen-bond acceptors (Lipinski definition) is 2. The van der Waals surface area contributed by atoms with E-state index >= 15 is 0 Å². The molecule has 0 saturated heterocycles. The Balaban J connectivity index is 2.23. The summed E-state index contributed by atoms with van der Waals surface area (Å²) in [5, 5.41) is 3.25. The molecule has 2 heteroatoms. The highest BCUT2D eigenvalue weighted by Gasteiger charge is 2.53. The molecule has 2 nitrogen and oxygen atoms in total. The lowest BCUT2D eigenvalue weighted by Crippen LogP contribution is -2.35. The van der Waals surface area contributed by atoms with E-state index in [0.717, 1.165) is 12.8 Å². The maximum absolute atomic E-state index is 10.6. The van der Waals surface area contributed by atoms with Crippen molar-refractivity contribution >= 4 is 0 Å². The number of nitroso groups, excluding NO2 is 1. The lowest BCUT2D eigenvalue weighted by Gasteiger charge is -2.45. The maximum Gasteiger partial charge on any atom is 0.0930 e. The molecule has 2 rings (SSSR count). The summed E-state index contributed by atoms with van der Waals surface area (Å²) in [5.74, 6) is 0. The van der Waals surface area contributed by atoms with Crippen LogP contribution in [0.3, 0.4) is 0 Å². The zero-order valence-electron chi connectivity index (χ0n) is 8.68. The summed E-state index contributed by atoms with van der Waals surface area (Å²) in [5.41, 5.74) is 0.813. The van der Waals surface area contributed by atoms with Gasteiger partial charge in [0.2, 0.25) is 0 Å². The quantitative estimate of drug-likeness (QED) is 0.569. The van der Waals surface area contributed by atoms with Gasteiger partial charge in [-0.3, -0.25) is 0 Å².